The van der Waals surface area contributed by atoms with Crippen molar-refractivity contribution in [2.45, 2.75) is 6.92 Å². The zero-order valence-corrected chi connectivity index (χ0v) is 6.40. The fourth-order valence-corrected chi connectivity index (χ4v) is 0.790. The van der Waals surface area contributed by atoms with Gasteiger partial charge in [-0.2, -0.15) is 5.26 Å². The fourth-order valence-electron chi connectivity index (χ4n) is 0.790. The Hall–Kier alpha value is -1.89. The Bertz CT molecular complexity index is 366. The Morgan fingerprint density at radius 1 is 1.75 bits per heavy atom. The lowest BCUT2D eigenvalue weighted by Gasteiger charge is -1.96. The lowest BCUT2D eigenvalue weighted by atomic mass is 10.1. The molecule has 1 aromatic rings. The third-order valence-electron chi connectivity index (χ3n) is 1.45. The van der Waals surface area contributed by atoms with Gasteiger partial charge in [-0.1, -0.05) is 0 Å². The maximum absolute atomic E-state index is 10.4. The molecule has 0 saturated heterocycles. The molecule has 0 aliphatic heterocycles. The minimum absolute atomic E-state index is 0.0356. The number of aromatic carboxylic acids is 1. The summed E-state index contributed by atoms with van der Waals surface area (Å²) >= 11 is 0. The molecule has 0 atom stereocenters. The van der Waals surface area contributed by atoms with Crippen LogP contribution in [0.2, 0.25) is 0 Å². The number of carboxylic acids is 1. The first-order valence-corrected chi connectivity index (χ1v) is 3.25. The van der Waals surface area contributed by atoms with Crippen molar-refractivity contribution >= 4 is 5.97 Å². The first-order chi connectivity index (χ1) is 5.65. The normalized spacial score (nSPS) is 9.00. The molecule has 4 heteroatoms. The molecule has 0 unspecified atom stereocenters. The van der Waals surface area contributed by atoms with E-state index in [-0.39, 0.29) is 5.69 Å². The summed E-state index contributed by atoms with van der Waals surface area (Å²) in [5.41, 5.74) is 0.997. The van der Waals surface area contributed by atoms with Crippen molar-refractivity contribution in [3.8, 4) is 6.07 Å². The smallest absolute Gasteiger partial charge is 0.354 e. The van der Waals surface area contributed by atoms with Crippen molar-refractivity contribution in [1.82, 2.24) is 4.98 Å². The van der Waals surface area contributed by atoms with Gasteiger partial charge in [0, 0.05) is 6.20 Å². The summed E-state index contributed by atoms with van der Waals surface area (Å²) in [5.74, 6) is -1.08. The van der Waals surface area contributed by atoms with Crippen molar-refractivity contribution in [3.63, 3.8) is 0 Å². The summed E-state index contributed by atoms with van der Waals surface area (Å²) in [7, 11) is 0. The van der Waals surface area contributed by atoms with Gasteiger partial charge in [-0.25, -0.2) is 9.78 Å². The van der Waals surface area contributed by atoms with Crippen LogP contribution in [0.3, 0.4) is 0 Å². The average Bonchev–Trinajstić information content (AvgIpc) is 2.04. The van der Waals surface area contributed by atoms with Crippen LogP contribution in [0.1, 0.15) is 21.6 Å². The fraction of sp³-hybridized carbons (Fsp3) is 0.125. The van der Waals surface area contributed by atoms with Gasteiger partial charge < -0.3 is 5.11 Å². The molecular weight excluding hydrogens is 156 g/mol. The predicted octanol–water partition coefficient (Wildman–Crippen LogP) is 0.960. The number of carbonyl (C=O) groups is 1. The van der Waals surface area contributed by atoms with E-state index in [4.69, 9.17) is 10.4 Å². The molecular formula is C8H6N2O2. The van der Waals surface area contributed by atoms with E-state index < -0.39 is 5.97 Å². The zero-order chi connectivity index (χ0) is 9.14. The number of nitriles is 1. The summed E-state index contributed by atoms with van der Waals surface area (Å²) < 4.78 is 0. The summed E-state index contributed by atoms with van der Waals surface area (Å²) in [6.45, 7) is 1.67. The molecule has 0 saturated carbocycles. The SMILES string of the molecule is Cc1cc(C(=O)O)ncc1C#N. The van der Waals surface area contributed by atoms with Crippen LogP contribution in [-0.2, 0) is 0 Å². The molecule has 1 heterocycles. The Morgan fingerprint density at radius 2 is 2.42 bits per heavy atom. The average molecular weight is 162 g/mol. The number of aryl methyl sites for hydroxylation is 1. The number of hydrogen-bond acceptors (Lipinski definition) is 3. The highest BCUT2D eigenvalue weighted by molar-refractivity contribution is 5.85. The maximum Gasteiger partial charge on any atom is 0.354 e. The molecule has 0 fully saturated rings. The van der Waals surface area contributed by atoms with Crippen LogP contribution >= 0.6 is 0 Å². The number of rotatable bonds is 1. The molecule has 0 amide bonds. The second kappa shape index (κ2) is 3.01. The molecule has 0 aromatic carbocycles. The van der Waals surface area contributed by atoms with Crippen LogP contribution in [0, 0.1) is 18.3 Å². The lowest BCUT2D eigenvalue weighted by molar-refractivity contribution is 0.0690. The lowest BCUT2D eigenvalue weighted by Crippen LogP contribution is -2.01. The second-order valence-corrected chi connectivity index (χ2v) is 2.30. The quantitative estimate of drug-likeness (QED) is 0.667. The molecule has 4 nitrogen and oxygen atoms in total. The van der Waals surface area contributed by atoms with E-state index in [9.17, 15) is 4.79 Å². The van der Waals surface area contributed by atoms with Crippen molar-refractivity contribution in [2.75, 3.05) is 0 Å². The monoisotopic (exact) mass is 162 g/mol. The van der Waals surface area contributed by atoms with Gasteiger partial charge in [0.1, 0.15) is 11.8 Å². The first-order valence-electron chi connectivity index (χ1n) is 3.25. The highest BCUT2D eigenvalue weighted by Crippen LogP contribution is 2.06. The van der Waals surface area contributed by atoms with E-state index >= 15 is 0 Å². The van der Waals surface area contributed by atoms with Crippen LogP contribution in [-0.4, -0.2) is 16.1 Å². The van der Waals surface area contributed by atoms with Crippen LogP contribution in [0.5, 0.6) is 0 Å². The number of carboxylic acid groups (broad SMARTS) is 1. The number of hydrogen-bond donors (Lipinski definition) is 1. The minimum atomic E-state index is -1.08. The van der Waals surface area contributed by atoms with Gasteiger partial charge in [0.25, 0.3) is 0 Å². The molecule has 12 heavy (non-hydrogen) atoms. The van der Waals surface area contributed by atoms with E-state index in [1.54, 1.807) is 6.92 Å². The van der Waals surface area contributed by atoms with Crippen molar-refractivity contribution in [3.05, 3.63) is 29.1 Å². The van der Waals surface area contributed by atoms with Gasteiger partial charge in [-0.3, -0.25) is 0 Å². The van der Waals surface area contributed by atoms with Crippen molar-refractivity contribution in [2.24, 2.45) is 0 Å². The summed E-state index contributed by atoms with van der Waals surface area (Å²) in [4.78, 5) is 14.0. The van der Waals surface area contributed by atoms with E-state index in [1.165, 1.54) is 12.3 Å². The van der Waals surface area contributed by atoms with Gasteiger partial charge in [0.2, 0.25) is 0 Å². The highest BCUT2D eigenvalue weighted by Gasteiger charge is 2.06. The number of aromatic nitrogens is 1. The molecule has 0 radical (unpaired) electrons. The van der Waals surface area contributed by atoms with E-state index in [0.717, 1.165) is 0 Å². The van der Waals surface area contributed by atoms with E-state index in [1.807, 2.05) is 6.07 Å². The van der Waals surface area contributed by atoms with Crippen molar-refractivity contribution in [1.29, 1.82) is 5.26 Å². The predicted molar refractivity (Wildman–Crippen MR) is 40.6 cm³/mol. The standard InChI is InChI=1S/C8H6N2O2/c1-5-2-7(8(11)12)10-4-6(5)3-9/h2,4H,1H3,(H,11,12). The third-order valence-corrected chi connectivity index (χ3v) is 1.45. The second-order valence-electron chi connectivity index (χ2n) is 2.30. The van der Waals surface area contributed by atoms with E-state index in [0.29, 0.717) is 11.1 Å². The van der Waals surface area contributed by atoms with Gasteiger partial charge >= 0.3 is 5.97 Å². The molecule has 0 spiro atoms. The van der Waals surface area contributed by atoms with E-state index in [2.05, 4.69) is 4.98 Å². The largest absolute Gasteiger partial charge is 0.477 e. The molecule has 1 rings (SSSR count). The Labute approximate surface area is 69.1 Å². The highest BCUT2D eigenvalue weighted by atomic mass is 16.4. The van der Waals surface area contributed by atoms with Crippen LogP contribution < -0.4 is 0 Å². The van der Waals surface area contributed by atoms with Crippen LogP contribution in [0.4, 0.5) is 0 Å². The van der Waals surface area contributed by atoms with Crippen LogP contribution in [0.25, 0.3) is 0 Å². The molecule has 1 N–H and O–H groups in total. The van der Waals surface area contributed by atoms with Crippen molar-refractivity contribution < 1.29 is 9.90 Å². The van der Waals surface area contributed by atoms with Gasteiger partial charge in [-0.15, -0.1) is 0 Å². The molecule has 60 valence electrons. The Kier molecular flexibility index (Phi) is 2.06. The summed E-state index contributed by atoms with van der Waals surface area (Å²) in [6.07, 6.45) is 1.26. The van der Waals surface area contributed by atoms with Gasteiger partial charge in [0.05, 0.1) is 5.56 Å². The molecule has 1 aromatic heterocycles. The van der Waals surface area contributed by atoms with Gasteiger partial charge in [0.15, 0.2) is 0 Å². The minimum Gasteiger partial charge on any atom is -0.477 e. The Morgan fingerprint density at radius 3 is 2.83 bits per heavy atom. The molecule has 0 aliphatic carbocycles. The first kappa shape index (κ1) is 8.21. The molecule has 0 aliphatic rings. The zero-order valence-electron chi connectivity index (χ0n) is 6.40. The van der Waals surface area contributed by atoms with Crippen LogP contribution in [0.15, 0.2) is 12.3 Å². The maximum atomic E-state index is 10.4. The summed E-state index contributed by atoms with van der Waals surface area (Å²) in [5, 5.41) is 17.0. The Balaban J connectivity index is 3.21. The van der Waals surface area contributed by atoms with Gasteiger partial charge in [-0.05, 0) is 18.6 Å². The summed E-state index contributed by atoms with van der Waals surface area (Å²) in [6, 6.07) is 3.28. The number of nitrogens with zero attached hydrogens (tertiary/aromatic N) is 2. The topological polar surface area (TPSA) is 74.0 Å². The number of pyridine rings is 1. The molecule has 0 bridgehead atoms. The third kappa shape index (κ3) is 1.40.